The first-order valence-corrected chi connectivity index (χ1v) is 17.6. The van der Waals surface area contributed by atoms with Crippen LogP contribution in [0, 0.1) is 0 Å². The van der Waals surface area contributed by atoms with Crippen LogP contribution in [0.25, 0.3) is 0 Å². The molecule has 0 unspecified atom stereocenters. The first-order chi connectivity index (χ1) is 23.7. The summed E-state index contributed by atoms with van der Waals surface area (Å²) in [6.07, 6.45) is 7.28. The molecule has 48 heavy (non-hydrogen) atoms. The zero-order valence-corrected chi connectivity index (χ0v) is 29.3. The smallest absolute Gasteiger partial charge is 0.132 e. The minimum Gasteiger partial charge on any atom is -0.379 e. The fraction of sp³-hybridized carbons (Fsp3) is 0.879. The molecule has 2 rings (SSSR count). The van der Waals surface area contributed by atoms with Crippen molar-refractivity contribution in [2.24, 2.45) is 0 Å². The van der Waals surface area contributed by atoms with Crippen LogP contribution in [0.1, 0.15) is 38.3 Å². The summed E-state index contributed by atoms with van der Waals surface area (Å²) in [6, 6.07) is 0. The van der Waals surface area contributed by atoms with E-state index in [1.54, 1.807) is 6.92 Å². The molecule has 1 aromatic rings. The van der Waals surface area contributed by atoms with Gasteiger partial charge in [-0.2, -0.15) is 0 Å². The van der Waals surface area contributed by atoms with Crippen LogP contribution in [0.4, 0.5) is 0 Å². The van der Waals surface area contributed by atoms with Gasteiger partial charge in [0.05, 0.1) is 118 Å². The topological polar surface area (TPSA) is 145 Å². The van der Waals surface area contributed by atoms with Crippen LogP contribution in [-0.2, 0) is 60.4 Å². The lowest BCUT2D eigenvalue weighted by atomic mass is 10.2. The van der Waals surface area contributed by atoms with Crippen LogP contribution < -0.4 is 0 Å². The highest BCUT2D eigenvalue weighted by atomic mass is 16.6. The fourth-order valence-corrected chi connectivity index (χ4v) is 4.69. The van der Waals surface area contributed by atoms with Crippen molar-refractivity contribution in [3.63, 3.8) is 0 Å². The molecular weight excluding hydrogens is 626 g/mol. The first-order valence-electron chi connectivity index (χ1n) is 17.6. The van der Waals surface area contributed by atoms with Crippen molar-refractivity contribution < 1.29 is 47.5 Å². The van der Waals surface area contributed by atoms with Gasteiger partial charge in [0.1, 0.15) is 12.1 Å². The van der Waals surface area contributed by atoms with Crippen molar-refractivity contribution in [1.82, 2.24) is 24.8 Å². The Labute approximate surface area is 286 Å². The second-order valence-corrected chi connectivity index (χ2v) is 11.4. The molecule has 1 aliphatic rings. The molecule has 1 aliphatic heterocycles. The second kappa shape index (κ2) is 31.1. The number of nitrogens with zero attached hydrogens (tertiary/aromatic N) is 5. The molecule has 1 saturated heterocycles. The van der Waals surface area contributed by atoms with E-state index in [0.717, 1.165) is 70.5 Å². The second-order valence-electron chi connectivity index (χ2n) is 11.4. The van der Waals surface area contributed by atoms with Gasteiger partial charge >= 0.3 is 0 Å². The van der Waals surface area contributed by atoms with E-state index in [0.29, 0.717) is 125 Å². The number of hydrogen-bond acceptors (Lipinski definition) is 14. The van der Waals surface area contributed by atoms with E-state index in [4.69, 9.17) is 37.9 Å². The SMILES string of the molecule is CC(=O)CCOCCOCCOCCOCCOCCOCCOCCOCCn1cc(CCCCN2CCN(CCC=O)CC2)nn1. The minimum atomic E-state index is 0.127. The zero-order chi connectivity index (χ0) is 34.2. The summed E-state index contributed by atoms with van der Waals surface area (Å²) in [7, 11) is 0. The molecule has 278 valence electrons. The number of ether oxygens (including phenoxy) is 8. The Hall–Kier alpha value is -1.92. The third kappa shape index (κ3) is 25.1. The maximum Gasteiger partial charge on any atom is 0.132 e. The molecule has 15 nitrogen and oxygen atoms in total. The van der Waals surface area contributed by atoms with E-state index in [1.807, 2.05) is 10.9 Å². The standard InChI is InChI=1S/C33H61N5O10/c1-32(40)6-15-41-17-19-43-21-23-45-25-27-47-29-30-48-28-26-46-24-22-44-20-18-42-16-13-38-31-33(34-35-38)5-2-3-7-36-9-11-37(12-10-36)8-4-14-39/h14,31H,2-13,15-30H2,1H3. The predicted molar refractivity (Wildman–Crippen MR) is 178 cm³/mol. The Bertz CT molecular complexity index is 889. The van der Waals surface area contributed by atoms with Gasteiger partial charge in [-0.25, -0.2) is 4.68 Å². The molecule has 1 aromatic heterocycles. The summed E-state index contributed by atoms with van der Waals surface area (Å²) >= 11 is 0. The number of rotatable bonds is 35. The van der Waals surface area contributed by atoms with Gasteiger partial charge in [0, 0.05) is 51.8 Å². The molecule has 0 N–H and O–H groups in total. The number of piperazine rings is 1. The largest absolute Gasteiger partial charge is 0.379 e. The summed E-state index contributed by atoms with van der Waals surface area (Å²) in [5.41, 5.74) is 1.03. The normalized spacial score (nSPS) is 14.2. The van der Waals surface area contributed by atoms with Crippen molar-refractivity contribution >= 4 is 12.1 Å². The Balaban J connectivity index is 1.23. The van der Waals surface area contributed by atoms with E-state index in [2.05, 4.69) is 20.1 Å². The average Bonchev–Trinajstić information content (AvgIpc) is 3.55. The molecule has 0 spiro atoms. The number of Topliss-reactive ketones (excluding diaryl/α,β-unsaturated/α-hetero) is 1. The Morgan fingerprint density at radius 1 is 0.625 bits per heavy atom. The summed E-state index contributed by atoms with van der Waals surface area (Å²) in [5, 5.41) is 8.51. The van der Waals surface area contributed by atoms with Crippen molar-refractivity contribution in [3.05, 3.63) is 11.9 Å². The monoisotopic (exact) mass is 687 g/mol. The highest BCUT2D eigenvalue weighted by molar-refractivity contribution is 5.75. The van der Waals surface area contributed by atoms with E-state index >= 15 is 0 Å². The van der Waals surface area contributed by atoms with Gasteiger partial charge in [-0.1, -0.05) is 5.21 Å². The first kappa shape index (κ1) is 42.2. The van der Waals surface area contributed by atoms with Crippen LogP contribution in [0.3, 0.4) is 0 Å². The molecule has 0 bridgehead atoms. The Morgan fingerprint density at radius 3 is 1.52 bits per heavy atom. The van der Waals surface area contributed by atoms with E-state index in [1.165, 1.54) is 0 Å². The number of unbranched alkanes of at least 4 members (excludes halogenated alkanes) is 1. The maximum absolute atomic E-state index is 10.8. The van der Waals surface area contributed by atoms with Crippen molar-refractivity contribution in [3.8, 4) is 0 Å². The number of aryl methyl sites for hydroxylation is 1. The number of hydrogen-bond donors (Lipinski definition) is 0. The van der Waals surface area contributed by atoms with Crippen LogP contribution >= 0.6 is 0 Å². The van der Waals surface area contributed by atoms with E-state index in [9.17, 15) is 9.59 Å². The lowest BCUT2D eigenvalue weighted by molar-refractivity contribution is -0.118. The average molecular weight is 688 g/mol. The van der Waals surface area contributed by atoms with Crippen LogP contribution in [0.2, 0.25) is 0 Å². The van der Waals surface area contributed by atoms with Gasteiger partial charge in [-0.15, -0.1) is 5.10 Å². The minimum absolute atomic E-state index is 0.127. The number of carbonyl (C=O) groups is 2. The Morgan fingerprint density at radius 2 is 1.06 bits per heavy atom. The van der Waals surface area contributed by atoms with E-state index < -0.39 is 0 Å². The maximum atomic E-state index is 10.8. The number of carbonyl (C=O) groups excluding carboxylic acids is 2. The van der Waals surface area contributed by atoms with E-state index in [-0.39, 0.29) is 5.78 Å². The van der Waals surface area contributed by atoms with Gasteiger partial charge in [-0.05, 0) is 32.7 Å². The summed E-state index contributed by atoms with van der Waals surface area (Å²) in [6.45, 7) is 16.6. The zero-order valence-electron chi connectivity index (χ0n) is 29.3. The molecule has 0 radical (unpaired) electrons. The lowest BCUT2D eigenvalue weighted by Gasteiger charge is -2.34. The van der Waals surface area contributed by atoms with Gasteiger partial charge in [0.15, 0.2) is 0 Å². The highest BCUT2D eigenvalue weighted by Gasteiger charge is 2.15. The summed E-state index contributed by atoms with van der Waals surface area (Å²) in [5.74, 6) is 0.127. The molecule has 0 aromatic carbocycles. The van der Waals surface area contributed by atoms with Crippen molar-refractivity contribution in [2.45, 2.75) is 45.6 Å². The van der Waals surface area contributed by atoms with Crippen LogP contribution in [0.15, 0.2) is 6.20 Å². The summed E-state index contributed by atoms with van der Waals surface area (Å²) in [4.78, 5) is 26.2. The predicted octanol–water partition coefficient (Wildman–Crippen LogP) is 0.919. The lowest BCUT2D eigenvalue weighted by Crippen LogP contribution is -2.46. The summed E-state index contributed by atoms with van der Waals surface area (Å²) < 4.78 is 45.6. The van der Waals surface area contributed by atoms with Crippen molar-refractivity contribution in [2.75, 3.05) is 145 Å². The fourth-order valence-electron chi connectivity index (χ4n) is 4.69. The molecule has 0 atom stereocenters. The molecule has 1 fully saturated rings. The third-order valence-corrected chi connectivity index (χ3v) is 7.44. The van der Waals surface area contributed by atoms with Crippen LogP contribution in [0.5, 0.6) is 0 Å². The number of aldehydes is 1. The quantitative estimate of drug-likeness (QED) is 0.0737. The molecular formula is C33H61N5O10. The van der Waals surface area contributed by atoms with Gasteiger partial charge in [0.25, 0.3) is 0 Å². The molecule has 0 amide bonds. The van der Waals surface area contributed by atoms with Gasteiger partial charge in [-0.3, -0.25) is 4.79 Å². The molecule has 0 saturated carbocycles. The van der Waals surface area contributed by atoms with Gasteiger partial charge < -0.3 is 52.5 Å². The number of ketones is 1. The molecule has 0 aliphatic carbocycles. The Kier molecular flexibility index (Phi) is 27.4. The third-order valence-electron chi connectivity index (χ3n) is 7.44. The highest BCUT2D eigenvalue weighted by Crippen LogP contribution is 2.06. The van der Waals surface area contributed by atoms with Crippen LogP contribution in [-0.4, -0.2) is 182 Å². The number of aromatic nitrogens is 3. The van der Waals surface area contributed by atoms with Gasteiger partial charge in [0.2, 0.25) is 0 Å². The van der Waals surface area contributed by atoms with Crippen molar-refractivity contribution in [1.29, 1.82) is 0 Å². The molecule has 2 heterocycles. The molecule has 15 heteroatoms.